The quantitative estimate of drug-likeness (QED) is 0.791. The van der Waals surface area contributed by atoms with Crippen molar-refractivity contribution in [3.05, 3.63) is 17.8 Å². The van der Waals surface area contributed by atoms with Crippen molar-refractivity contribution in [2.24, 2.45) is 0 Å². The van der Waals surface area contributed by atoms with Gasteiger partial charge >= 0.3 is 0 Å². The second-order valence-corrected chi connectivity index (χ2v) is 4.20. The predicted molar refractivity (Wildman–Crippen MR) is 56.3 cm³/mol. The fourth-order valence-corrected chi connectivity index (χ4v) is 2.05. The van der Waals surface area contributed by atoms with Crippen LogP contribution in [-0.2, 0) is 6.54 Å². The molecule has 0 aliphatic heterocycles. The van der Waals surface area contributed by atoms with Gasteiger partial charge in [-0.25, -0.2) is 4.98 Å². The van der Waals surface area contributed by atoms with Gasteiger partial charge in [0.25, 0.3) is 0 Å². The summed E-state index contributed by atoms with van der Waals surface area (Å²) in [4.78, 5) is 4.11. The van der Waals surface area contributed by atoms with Gasteiger partial charge < -0.3 is 14.8 Å². The van der Waals surface area contributed by atoms with Gasteiger partial charge in [-0.15, -0.1) is 0 Å². The molecule has 2 N–H and O–H groups in total. The van der Waals surface area contributed by atoms with Gasteiger partial charge in [0.15, 0.2) is 0 Å². The molecule has 0 saturated heterocycles. The number of nitrogens with one attached hydrogen (secondary N) is 1. The number of aromatic nitrogens is 1. The molecule has 0 unspecified atom stereocenters. The molecule has 1 aliphatic rings. The number of aryl methyl sites for hydroxylation is 1. The summed E-state index contributed by atoms with van der Waals surface area (Å²) in [6.45, 7) is 2.49. The van der Waals surface area contributed by atoms with Gasteiger partial charge in [-0.3, -0.25) is 0 Å². The van der Waals surface area contributed by atoms with Crippen LogP contribution in [0.4, 0.5) is 0 Å². The molecule has 1 aromatic heterocycles. The van der Waals surface area contributed by atoms with E-state index in [1.54, 1.807) is 6.20 Å². The first-order valence-corrected chi connectivity index (χ1v) is 5.58. The Morgan fingerprint density at radius 1 is 1.53 bits per heavy atom. The lowest BCUT2D eigenvalue weighted by Gasteiger charge is -2.27. The normalized spacial score (nSPS) is 26.8. The average Bonchev–Trinajstić information content (AvgIpc) is 2.63. The number of rotatable bonds is 3. The minimum Gasteiger partial charge on any atom is -0.445 e. The fourth-order valence-electron chi connectivity index (χ4n) is 2.05. The summed E-state index contributed by atoms with van der Waals surface area (Å²) in [5.41, 5.74) is 0. The lowest BCUT2D eigenvalue weighted by molar-refractivity contribution is 0.0890. The van der Waals surface area contributed by atoms with Crippen LogP contribution in [0.5, 0.6) is 0 Å². The van der Waals surface area contributed by atoms with Crippen LogP contribution in [-0.4, -0.2) is 22.2 Å². The van der Waals surface area contributed by atoms with Crippen molar-refractivity contribution in [2.75, 3.05) is 0 Å². The topological polar surface area (TPSA) is 58.3 Å². The molecule has 84 valence electrons. The number of nitrogens with zero attached hydrogens (tertiary/aromatic N) is 1. The third kappa shape index (κ3) is 2.79. The average molecular weight is 210 g/mol. The first kappa shape index (κ1) is 10.6. The second-order valence-electron chi connectivity index (χ2n) is 4.20. The maximum Gasteiger partial charge on any atom is 0.208 e. The summed E-state index contributed by atoms with van der Waals surface area (Å²) in [6, 6.07) is 0.200. The van der Waals surface area contributed by atoms with Crippen LogP contribution in [0.15, 0.2) is 10.6 Å². The molecule has 0 aromatic carbocycles. The Morgan fingerprint density at radius 3 is 3.00 bits per heavy atom. The minimum atomic E-state index is -0.213. The van der Waals surface area contributed by atoms with Crippen molar-refractivity contribution in [2.45, 2.75) is 51.3 Å². The Labute approximate surface area is 89.7 Å². The molecule has 1 saturated carbocycles. The summed E-state index contributed by atoms with van der Waals surface area (Å²) in [5.74, 6) is 1.53. The van der Waals surface area contributed by atoms with Gasteiger partial charge in [-0.1, -0.05) is 12.8 Å². The van der Waals surface area contributed by atoms with Crippen LogP contribution in [0.3, 0.4) is 0 Å². The van der Waals surface area contributed by atoms with Gasteiger partial charge in [-0.05, 0) is 19.8 Å². The molecule has 4 heteroatoms. The molecule has 1 fully saturated rings. The zero-order chi connectivity index (χ0) is 10.7. The Morgan fingerprint density at radius 2 is 2.33 bits per heavy atom. The first-order chi connectivity index (χ1) is 7.25. The third-order valence-electron chi connectivity index (χ3n) is 2.91. The SMILES string of the molecule is Cc1cnc(CN[C@H]2CCCC[C@@H]2O)o1. The lowest BCUT2D eigenvalue weighted by Crippen LogP contribution is -2.41. The zero-order valence-corrected chi connectivity index (χ0v) is 9.07. The van der Waals surface area contributed by atoms with Gasteiger partial charge in [0, 0.05) is 6.04 Å². The second kappa shape index (κ2) is 4.77. The predicted octanol–water partition coefficient (Wildman–Crippen LogP) is 1.38. The number of aliphatic hydroxyl groups is 1. The lowest BCUT2D eigenvalue weighted by atomic mass is 9.93. The molecule has 0 radical (unpaired) electrons. The van der Waals surface area contributed by atoms with Crippen molar-refractivity contribution >= 4 is 0 Å². The summed E-state index contributed by atoms with van der Waals surface area (Å²) in [7, 11) is 0. The maximum atomic E-state index is 9.74. The van der Waals surface area contributed by atoms with E-state index in [1.165, 1.54) is 6.42 Å². The third-order valence-corrected chi connectivity index (χ3v) is 2.91. The fraction of sp³-hybridized carbons (Fsp3) is 0.727. The van der Waals surface area contributed by atoms with E-state index in [2.05, 4.69) is 10.3 Å². The van der Waals surface area contributed by atoms with E-state index in [-0.39, 0.29) is 12.1 Å². The number of hydrogen-bond donors (Lipinski definition) is 2. The minimum absolute atomic E-state index is 0.200. The van der Waals surface area contributed by atoms with Crippen molar-refractivity contribution < 1.29 is 9.52 Å². The van der Waals surface area contributed by atoms with Crippen molar-refractivity contribution in [1.29, 1.82) is 0 Å². The van der Waals surface area contributed by atoms with E-state index in [9.17, 15) is 5.11 Å². The monoisotopic (exact) mass is 210 g/mol. The molecule has 0 bridgehead atoms. The number of hydrogen-bond acceptors (Lipinski definition) is 4. The van der Waals surface area contributed by atoms with Gasteiger partial charge in [-0.2, -0.15) is 0 Å². The summed E-state index contributed by atoms with van der Waals surface area (Å²) >= 11 is 0. The molecule has 4 nitrogen and oxygen atoms in total. The molecule has 0 amide bonds. The summed E-state index contributed by atoms with van der Waals surface area (Å²) in [6.07, 6.45) is 5.78. The number of oxazole rings is 1. The largest absolute Gasteiger partial charge is 0.445 e. The smallest absolute Gasteiger partial charge is 0.208 e. The van der Waals surface area contributed by atoms with Gasteiger partial charge in [0.05, 0.1) is 18.8 Å². The van der Waals surface area contributed by atoms with E-state index in [4.69, 9.17) is 4.42 Å². The Hall–Kier alpha value is -0.870. The Bertz CT molecular complexity index is 311. The van der Waals surface area contributed by atoms with Gasteiger partial charge in [0.1, 0.15) is 5.76 Å². The van der Waals surface area contributed by atoms with Crippen LogP contribution in [0.1, 0.15) is 37.3 Å². The molecule has 15 heavy (non-hydrogen) atoms. The highest BCUT2D eigenvalue weighted by molar-refractivity contribution is 4.91. The van der Waals surface area contributed by atoms with E-state index in [1.807, 2.05) is 6.92 Å². The molecular weight excluding hydrogens is 192 g/mol. The van der Waals surface area contributed by atoms with E-state index in [0.29, 0.717) is 12.4 Å². The highest BCUT2D eigenvalue weighted by Crippen LogP contribution is 2.18. The first-order valence-electron chi connectivity index (χ1n) is 5.58. The molecule has 1 aliphatic carbocycles. The molecule has 0 spiro atoms. The van der Waals surface area contributed by atoms with E-state index in [0.717, 1.165) is 25.0 Å². The Balaban J connectivity index is 1.81. The van der Waals surface area contributed by atoms with Crippen molar-refractivity contribution in [3.63, 3.8) is 0 Å². The van der Waals surface area contributed by atoms with E-state index < -0.39 is 0 Å². The molecule has 2 atom stereocenters. The highest BCUT2D eigenvalue weighted by atomic mass is 16.4. The molecule has 2 rings (SSSR count). The maximum absolute atomic E-state index is 9.74. The Kier molecular flexibility index (Phi) is 3.38. The molecule has 1 heterocycles. The van der Waals surface area contributed by atoms with Crippen LogP contribution in [0.2, 0.25) is 0 Å². The van der Waals surface area contributed by atoms with Gasteiger partial charge in [0.2, 0.25) is 5.89 Å². The number of aliphatic hydroxyl groups excluding tert-OH is 1. The van der Waals surface area contributed by atoms with Crippen molar-refractivity contribution in [1.82, 2.24) is 10.3 Å². The molecule has 1 aromatic rings. The summed E-state index contributed by atoms with van der Waals surface area (Å²) in [5, 5.41) is 13.0. The standard InChI is InChI=1S/C11H18N2O2/c1-8-6-13-11(15-8)7-12-9-4-2-3-5-10(9)14/h6,9-10,12,14H,2-5,7H2,1H3/t9-,10-/m0/s1. The van der Waals surface area contributed by atoms with Crippen LogP contribution >= 0.6 is 0 Å². The summed E-state index contributed by atoms with van der Waals surface area (Å²) < 4.78 is 5.35. The van der Waals surface area contributed by atoms with Crippen molar-refractivity contribution in [3.8, 4) is 0 Å². The van der Waals surface area contributed by atoms with E-state index >= 15 is 0 Å². The molecular formula is C11H18N2O2. The van der Waals surface area contributed by atoms with Crippen LogP contribution in [0.25, 0.3) is 0 Å². The highest BCUT2D eigenvalue weighted by Gasteiger charge is 2.22. The van der Waals surface area contributed by atoms with Crippen LogP contribution in [0, 0.1) is 6.92 Å². The van der Waals surface area contributed by atoms with Crippen LogP contribution < -0.4 is 5.32 Å². The zero-order valence-electron chi connectivity index (χ0n) is 9.07.